The lowest BCUT2D eigenvalue weighted by Crippen LogP contribution is -2.59. The summed E-state index contributed by atoms with van der Waals surface area (Å²) in [5.41, 5.74) is -0.414. The third kappa shape index (κ3) is 3.26. The van der Waals surface area contributed by atoms with Crippen LogP contribution in [0.1, 0.15) is 65.2 Å². The summed E-state index contributed by atoms with van der Waals surface area (Å²) in [6.07, 6.45) is 9.29. The maximum absolute atomic E-state index is 12.6. The Morgan fingerprint density at radius 2 is 2.10 bits per heavy atom. The Balaban J connectivity index is 1.73. The quantitative estimate of drug-likeness (QED) is 0.791. The second-order valence-electron chi connectivity index (χ2n) is 7.20. The van der Waals surface area contributed by atoms with Crippen LogP contribution >= 0.6 is 0 Å². The molecule has 3 rings (SSSR count). The van der Waals surface area contributed by atoms with Crippen molar-refractivity contribution in [3.63, 3.8) is 0 Å². The maximum Gasteiger partial charge on any atom is 0.326 e. The molecule has 0 spiro atoms. The van der Waals surface area contributed by atoms with Gasteiger partial charge in [-0.25, -0.2) is 0 Å². The minimum absolute atomic E-state index is 0.00606. The summed E-state index contributed by atoms with van der Waals surface area (Å²) < 4.78 is 5.43. The van der Waals surface area contributed by atoms with Crippen molar-refractivity contribution < 1.29 is 9.53 Å². The molecular formula is C17H30N2O2. The van der Waals surface area contributed by atoms with Gasteiger partial charge in [-0.15, -0.1) is 0 Å². The molecule has 2 saturated carbocycles. The second-order valence-corrected chi connectivity index (χ2v) is 7.20. The van der Waals surface area contributed by atoms with Gasteiger partial charge in [0.25, 0.3) is 0 Å². The minimum Gasteiger partial charge on any atom is -0.465 e. The van der Waals surface area contributed by atoms with Crippen molar-refractivity contribution in [2.75, 3.05) is 13.2 Å². The summed E-state index contributed by atoms with van der Waals surface area (Å²) in [6, 6.07) is 1.77. The molecule has 0 aromatic carbocycles. The second kappa shape index (κ2) is 6.25. The number of likely N-dealkylation sites (tertiary alicyclic amines) is 1. The molecule has 4 heteroatoms. The largest absolute Gasteiger partial charge is 0.465 e. The van der Waals surface area contributed by atoms with Gasteiger partial charge < -0.3 is 4.74 Å². The van der Waals surface area contributed by atoms with Gasteiger partial charge in [-0.3, -0.25) is 15.0 Å². The Kier molecular flexibility index (Phi) is 4.55. The molecule has 3 fully saturated rings. The summed E-state index contributed by atoms with van der Waals surface area (Å²) in [7, 11) is 0. The number of nitrogens with zero attached hydrogens (tertiary/aromatic N) is 1. The monoisotopic (exact) mass is 294 g/mol. The first-order chi connectivity index (χ1) is 10.1. The lowest BCUT2D eigenvalue weighted by Gasteiger charge is -2.44. The van der Waals surface area contributed by atoms with Gasteiger partial charge in [-0.05, 0) is 71.8 Å². The highest BCUT2D eigenvalue weighted by atomic mass is 16.5. The first-order valence-corrected chi connectivity index (χ1v) is 8.85. The normalized spacial score (nSPS) is 37.6. The van der Waals surface area contributed by atoms with Gasteiger partial charge >= 0.3 is 5.97 Å². The molecule has 120 valence electrons. The number of hydrogen-bond acceptors (Lipinski definition) is 4. The number of carbonyl (C=O) groups is 1. The lowest BCUT2D eigenvalue weighted by molar-refractivity contribution is -0.154. The van der Waals surface area contributed by atoms with Gasteiger partial charge in [-0.2, -0.15) is 0 Å². The SMILES string of the molecule is CCOC(=O)C1(NC2CC2)CCCC(N2CCCC2C)C1. The van der Waals surface area contributed by atoms with E-state index in [0.717, 1.165) is 19.3 Å². The van der Waals surface area contributed by atoms with E-state index in [1.165, 1.54) is 38.6 Å². The van der Waals surface area contributed by atoms with E-state index in [1.54, 1.807) is 0 Å². The minimum atomic E-state index is -0.414. The Labute approximate surface area is 128 Å². The van der Waals surface area contributed by atoms with Crippen LogP contribution in [0, 0.1) is 0 Å². The molecule has 0 aromatic rings. The van der Waals surface area contributed by atoms with Gasteiger partial charge in [-0.1, -0.05) is 0 Å². The molecule has 1 N–H and O–H groups in total. The number of hydrogen-bond donors (Lipinski definition) is 1. The Morgan fingerprint density at radius 1 is 1.29 bits per heavy atom. The van der Waals surface area contributed by atoms with E-state index in [-0.39, 0.29) is 5.97 Å². The summed E-state index contributed by atoms with van der Waals surface area (Å²) in [6.45, 7) is 5.93. The zero-order valence-electron chi connectivity index (χ0n) is 13.6. The highest BCUT2D eigenvalue weighted by molar-refractivity contribution is 5.81. The van der Waals surface area contributed by atoms with Crippen molar-refractivity contribution in [2.24, 2.45) is 0 Å². The molecule has 2 aliphatic carbocycles. The third-order valence-electron chi connectivity index (χ3n) is 5.52. The smallest absolute Gasteiger partial charge is 0.326 e. The molecule has 1 aliphatic heterocycles. The van der Waals surface area contributed by atoms with Gasteiger partial charge in [0.05, 0.1) is 6.61 Å². The topological polar surface area (TPSA) is 41.6 Å². The summed E-state index contributed by atoms with van der Waals surface area (Å²) in [5, 5.41) is 3.66. The van der Waals surface area contributed by atoms with Gasteiger partial charge in [0, 0.05) is 18.1 Å². The Bertz CT molecular complexity index is 383. The van der Waals surface area contributed by atoms with Gasteiger partial charge in [0.15, 0.2) is 0 Å². The van der Waals surface area contributed by atoms with Crippen molar-refractivity contribution >= 4 is 5.97 Å². The standard InChI is InChI=1S/C17H30N2O2/c1-3-21-16(20)17(18-14-8-9-14)10-4-7-15(12-17)19-11-5-6-13(19)2/h13-15,18H,3-12H2,1-2H3. The summed E-state index contributed by atoms with van der Waals surface area (Å²) in [5.74, 6) is -0.00606. The van der Waals surface area contributed by atoms with Crippen LogP contribution in [-0.2, 0) is 9.53 Å². The number of ether oxygens (including phenoxy) is 1. The maximum atomic E-state index is 12.6. The number of rotatable bonds is 5. The first-order valence-electron chi connectivity index (χ1n) is 8.85. The lowest BCUT2D eigenvalue weighted by atomic mass is 9.78. The predicted octanol–water partition coefficient (Wildman–Crippen LogP) is 2.47. The van der Waals surface area contributed by atoms with Crippen LogP contribution in [-0.4, -0.2) is 47.7 Å². The molecule has 3 unspecified atom stereocenters. The van der Waals surface area contributed by atoms with Crippen molar-refractivity contribution in [3.05, 3.63) is 0 Å². The van der Waals surface area contributed by atoms with Gasteiger partial charge in [0.2, 0.25) is 0 Å². The number of nitrogens with one attached hydrogen (secondary N) is 1. The molecule has 0 aromatic heterocycles. The fraction of sp³-hybridized carbons (Fsp3) is 0.941. The zero-order chi connectivity index (χ0) is 14.9. The summed E-state index contributed by atoms with van der Waals surface area (Å²) in [4.78, 5) is 15.3. The molecule has 0 bridgehead atoms. The molecule has 3 aliphatic rings. The van der Waals surface area contributed by atoms with Crippen LogP contribution < -0.4 is 5.32 Å². The zero-order valence-corrected chi connectivity index (χ0v) is 13.6. The highest BCUT2D eigenvalue weighted by Gasteiger charge is 2.48. The molecule has 0 radical (unpaired) electrons. The van der Waals surface area contributed by atoms with Crippen molar-refractivity contribution in [2.45, 2.75) is 88.9 Å². The average Bonchev–Trinajstić information content (AvgIpc) is 3.17. The Morgan fingerprint density at radius 3 is 2.71 bits per heavy atom. The van der Waals surface area contributed by atoms with Crippen LogP contribution in [0.15, 0.2) is 0 Å². The van der Waals surface area contributed by atoms with Crippen LogP contribution in [0.25, 0.3) is 0 Å². The van der Waals surface area contributed by atoms with Crippen LogP contribution in [0.3, 0.4) is 0 Å². The molecular weight excluding hydrogens is 264 g/mol. The van der Waals surface area contributed by atoms with E-state index >= 15 is 0 Å². The molecule has 4 nitrogen and oxygen atoms in total. The Hall–Kier alpha value is -0.610. The van der Waals surface area contributed by atoms with Crippen molar-refractivity contribution in [1.29, 1.82) is 0 Å². The first kappa shape index (κ1) is 15.3. The van der Waals surface area contributed by atoms with Crippen LogP contribution in [0.5, 0.6) is 0 Å². The summed E-state index contributed by atoms with van der Waals surface area (Å²) >= 11 is 0. The van der Waals surface area contributed by atoms with Gasteiger partial charge in [0.1, 0.15) is 5.54 Å². The van der Waals surface area contributed by atoms with E-state index in [4.69, 9.17) is 4.74 Å². The number of esters is 1. The van der Waals surface area contributed by atoms with Crippen LogP contribution in [0.4, 0.5) is 0 Å². The highest BCUT2D eigenvalue weighted by Crippen LogP contribution is 2.37. The molecule has 1 saturated heterocycles. The number of carbonyl (C=O) groups excluding carboxylic acids is 1. The fourth-order valence-electron chi connectivity index (χ4n) is 4.29. The van der Waals surface area contributed by atoms with E-state index < -0.39 is 5.54 Å². The van der Waals surface area contributed by atoms with E-state index in [0.29, 0.717) is 24.7 Å². The van der Waals surface area contributed by atoms with Crippen molar-refractivity contribution in [3.8, 4) is 0 Å². The molecule has 1 heterocycles. The average molecular weight is 294 g/mol. The van der Waals surface area contributed by atoms with Crippen LogP contribution in [0.2, 0.25) is 0 Å². The molecule has 0 amide bonds. The van der Waals surface area contributed by atoms with E-state index in [9.17, 15) is 4.79 Å². The molecule has 21 heavy (non-hydrogen) atoms. The van der Waals surface area contributed by atoms with E-state index in [1.807, 2.05) is 6.92 Å². The fourth-order valence-corrected chi connectivity index (χ4v) is 4.29. The molecule has 3 atom stereocenters. The predicted molar refractivity (Wildman–Crippen MR) is 83.2 cm³/mol. The van der Waals surface area contributed by atoms with E-state index in [2.05, 4.69) is 17.1 Å². The van der Waals surface area contributed by atoms with Crippen molar-refractivity contribution in [1.82, 2.24) is 10.2 Å². The third-order valence-corrected chi connectivity index (χ3v) is 5.52.